The van der Waals surface area contributed by atoms with Crippen LogP contribution in [0.5, 0.6) is 0 Å². The van der Waals surface area contributed by atoms with Crippen molar-refractivity contribution in [1.29, 1.82) is 0 Å². The quantitative estimate of drug-likeness (QED) is 0.111. The topological polar surface area (TPSA) is 49.3 Å². The zero-order valence-electron chi connectivity index (χ0n) is 21.5. The maximum Gasteiger partial charge on any atom is 0.244 e. The van der Waals surface area contributed by atoms with Crippen LogP contribution in [-0.2, 0) is 4.79 Å². The second-order valence-corrected chi connectivity index (χ2v) is 8.64. The molecule has 0 rings (SSSR count). The van der Waals surface area contributed by atoms with Crippen LogP contribution in [0, 0.1) is 0 Å². The van der Waals surface area contributed by atoms with Crippen LogP contribution in [0.3, 0.4) is 0 Å². The van der Waals surface area contributed by atoms with E-state index in [9.17, 15) is 9.90 Å². The van der Waals surface area contributed by atoms with Gasteiger partial charge in [-0.3, -0.25) is 4.79 Å². The van der Waals surface area contributed by atoms with E-state index >= 15 is 0 Å². The van der Waals surface area contributed by atoms with Gasteiger partial charge in [0.15, 0.2) is 0 Å². The monoisotopic (exact) mass is 455 g/mol. The summed E-state index contributed by atoms with van der Waals surface area (Å²) in [7, 11) is 0. The lowest BCUT2D eigenvalue weighted by molar-refractivity contribution is -0.118. The Morgan fingerprint density at radius 1 is 0.667 bits per heavy atom. The van der Waals surface area contributed by atoms with Crippen molar-refractivity contribution in [3.05, 3.63) is 72.9 Å². The van der Waals surface area contributed by atoms with E-state index in [4.69, 9.17) is 0 Å². The Hall–Kier alpha value is -2.13. The van der Waals surface area contributed by atoms with Crippen LogP contribution < -0.4 is 5.32 Å². The third kappa shape index (κ3) is 21.5. The Morgan fingerprint density at radius 3 is 1.79 bits per heavy atom. The summed E-state index contributed by atoms with van der Waals surface area (Å²) in [6, 6.07) is 0. The third-order valence-electron chi connectivity index (χ3n) is 5.38. The molecule has 0 saturated carbocycles. The van der Waals surface area contributed by atoms with Crippen molar-refractivity contribution in [2.45, 2.75) is 103 Å². The summed E-state index contributed by atoms with van der Waals surface area (Å²) >= 11 is 0. The van der Waals surface area contributed by atoms with Gasteiger partial charge in [-0.15, -0.1) is 0 Å². The molecule has 3 heteroatoms. The molecule has 0 aliphatic rings. The summed E-state index contributed by atoms with van der Waals surface area (Å²) in [4.78, 5) is 12.1. The molecule has 0 radical (unpaired) electrons. The first-order valence-corrected chi connectivity index (χ1v) is 13.1. The molecular weight excluding hydrogens is 406 g/mol. The summed E-state index contributed by atoms with van der Waals surface area (Å²) in [6.45, 7) is 6.81. The second kappa shape index (κ2) is 23.0. The summed E-state index contributed by atoms with van der Waals surface area (Å²) in [6.07, 6.45) is 36.2. The highest BCUT2D eigenvalue weighted by atomic mass is 16.3. The van der Waals surface area contributed by atoms with E-state index in [2.05, 4.69) is 62.5 Å². The van der Waals surface area contributed by atoms with Gasteiger partial charge in [-0.05, 0) is 32.1 Å². The van der Waals surface area contributed by atoms with Crippen molar-refractivity contribution in [1.82, 2.24) is 5.32 Å². The van der Waals surface area contributed by atoms with Gasteiger partial charge < -0.3 is 10.4 Å². The molecule has 186 valence electrons. The highest BCUT2D eigenvalue weighted by molar-refractivity contribution is 5.87. The van der Waals surface area contributed by atoms with E-state index in [0.29, 0.717) is 6.54 Å². The van der Waals surface area contributed by atoms with Gasteiger partial charge in [0.2, 0.25) is 5.91 Å². The molecule has 33 heavy (non-hydrogen) atoms. The number of hydrogen-bond donors (Lipinski definition) is 2. The van der Waals surface area contributed by atoms with E-state index in [-0.39, 0.29) is 5.91 Å². The van der Waals surface area contributed by atoms with Gasteiger partial charge in [0.25, 0.3) is 0 Å². The maximum absolute atomic E-state index is 12.1. The highest BCUT2D eigenvalue weighted by Gasteiger charge is 2.25. The smallest absolute Gasteiger partial charge is 0.244 e. The van der Waals surface area contributed by atoms with Crippen molar-refractivity contribution >= 4 is 5.91 Å². The average Bonchev–Trinajstić information content (AvgIpc) is 2.81. The van der Waals surface area contributed by atoms with Crippen LogP contribution in [0.25, 0.3) is 0 Å². The molecule has 0 saturated heterocycles. The first-order chi connectivity index (χ1) is 16.1. The molecular formula is C30H49NO2. The molecule has 0 aromatic rings. The maximum atomic E-state index is 12.1. The average molecular weight is 456 g/mol. The highest BCUT2D eigenvalue weighted by Crippen LogP contribution is 2.21. The van der Waals surface area contributed by atoms with Gasteiger partial charge >= 0.3 is 0 Å². The fourth-order valence-corrected chi connectivity index (χ4v) is 3.26. The van der Waals surface area contributed by atoms with Crippen molar-refractivity contribution in [3.63, 3.8) is 0 Å². The van der Waals surface area contributed by atoms with E-state index in [0.717, 1.165) is 64.2 Å². The largest absolute Gasteiger partial charge is 0.388 e. The minimum Gasteiger partial charge on any atom is -0.388 e. The van der Waals surface area contributed by atoms with Crippen LogP contribution in [-0.4, -0.2) is 23.2 Å². The number of carbonyl (C=O) groups excluding carboxylic acids is 1. The lowest BCUT2D eigenvalue weighted by Crippen LogP contribution is -2.42. The second-order valence-electron chi connectivity index (χ2n) is 8.64. The zero-order valence-corrected chi connectivity index (χ0v) is 21.5. The fraction of sp³-hybridized carbons (Fsp3) is 0.567. The van der Waals surface area contributed by atoms with Gasteiger partial charge in [-0.2, -0.15) is 0 Å². The summed E-state index contributed by atoms with van der Waals surface area (Å²) in [5, 5.41) is 13.7. The van der Waals surface area contributed by atoms with Gasteiger partial charge in [0.1, 0.15) is 0 Å². The Labute approximate surface area is 204 Å². The number of aliphatic hydroxyl groups is 1. The van der Waals surface area contributed by atoms with Crippen LogP contribution in [0.2, 0.25) is 0 Å². The molecule has 0 aliphatic carbocycles. The number of nitrogens with one attached hydrogen (secondary N) is 1. The molecule has 1 amide bonds. The lowest BCUT2D eigenvalue weighted by Gasteiger charge is -2.28. The van der Waals surface area contributed by atoms with Crippen molar-refractivity contribution in [2.75, 3.05) is 6.54 Å². The minimum atomic E-state index is -0.785. The van der Waals surface area contributed by atoms with E-state index in [1.165, 1.54) is 18.9 Å². The molecule has 1 atom stereocenters. The number of amides is 1. The molecule has 0 bridgehead atoms. The number of allylic oxidation sites excluding steroid dienone is 11. The van der Waals surface area contributed by atoms with E-state index in [1.807, 2.05) is 24.3 Å². The van der Waals surface area contributed by atoms with Crippen LogP contribution in [0.1, 0.15) is 97.8 Å². The Morgan fingerprint density at radius 2 is 1.18 bits per heavy atom. The Balaban J connectivity index is 4.09. The van der Waals surface area contributed by atoms with E-state index < -0.39 is 5.60 Å². The molecule has 0 aromatic heterocycles. The number of unbranched alkanes of at least 4 members (excludes halogenated alkanes) is 6. The van der Waals surface area contributed by atoms with Gasteiger partial charge in [-0.25, -0.2) is 0 Å². The first-order valence-electron chi connectivity index (χ1n) is 13.1. The third-order valence-corrected chi connectivity index (χ3v) is 5.38. The standard InChI is InChI=1S/C30H49NO2/c1-4-7-10-11-12-13-14-15-16-17-18-19-20-21-22-23-25-29(32)31-28-30(33,26-9-6-3)27-24-8-5-2/h11-18,21-23,25,33H,4-10,19-20,24,26-28H2,1-3H3,(H,31,32). The van der Waals surface area contributed by atoms with Gasteiger partial charge in [0, 0.05) is 12.6 Å². The molecule has 0 aliphatic heterocycles. The lowest BCUT2D eigenvalue weighted by atomic mass is 9.90. The first kappa shape index (κ1) is 30.9. The molecule has 0 aromatic carbocycles. The van der Waals surface area contributed by atoms with E-state index in [1.54, 1.807) is 6.08 Å². The Kier molecular flexibility index (Phi) is 21.6. The number of hydrogen-bond acceptors (Lipinski definition) is 2. The van der Waals surface area contributed by atoms with Crippen LogP contribution in [0.15, 0.2) is 72.9 Å². The summed E-state index contributed by atoms with van der Waals surface area (Å²) in [5.74, 6) is -0.150. The molecule has 0 heterocycles. The van der Waals surface area contributed by atoms with Gasteiger partial charge in [0.05, 0.1) is 5.60 Å². The van der Waals surface area contributed by atoms with Gasteiger partial charge in [-0.1, -0.05) is 133 Å². The van der Waals surface area contributed by atoms with Crippen molar-refractivity contribution in [3.8, 4) is 0 Å². The number of rotatable bonds is 20. The van der Waals surface area contributed by atoms with Crippen LogP contribution in [0.4, 0.5) is 0 Å². The predicted octanol–water partition coefficient (Wildman–Crippen LogP) is 7.91. The van der Waals surface area contributed by atoms with Crippen molar-refractivity contribution in [2.24, 2.45) is 0 Å². The SMILES string of the molecule is CCCCC=CC=CC=CC=CCCC=CC=CC(=O)NCC(O)(CCCC)CCCCC. The van der Waals surface area contributed by atoms with Crippen LogP contribution >= 0.6 is 0 Å². The predicted molar refractivity (Wildman–Crippen MR) is 145 cm³/mol. The normalized spacial score (nSPS) is 14.7. The van der Waals surface area contributed by atoms with Crippen molar-refractivity contribution < 1.29 is 9.90 Å². The summed E-state index contributed by atoms with van der Waals surface area (Å²) in [5.41, 5.74) is -0.785. The zero-order chi connectivity index (χ0) is 24.5. The Bertz CT molecular complexity index is 640. The fourth-order valence-electron chi connectivity index (χ4n) is 3.26. The molecule has 3 nitrogen and oxygen atoms in total. The molecule has 2 N–H and O–H groups in total. The summed E-state index contributed by atoms with van der Waals surface area (Å²) < 4.78 is 0. The molecule has 1 unspecified atom stereocenters. The molecule has 0 fully saturated rings. The minimum absolute atomic E-state index is 0.150. The number of carbonyl (C=O) groups is 1. The molecule has 0 spiro atoms.